The molecule has 0 aliphatic carbocycles. The molecule has 0 amide bonds. The zero-order chi connectivity index (χ0) is 13.4. The van der Waals surface area contributed by atoms with Gasteiger partial charge in [0.1, 0.15) is 5.82 Å². The first-order valence-electron chi connectivity index (χ1n) is 6.66. The first-order valence-corrected chi connectivity index (χ1v) is 6.66. The van der Waals surface area contributed by atoms with Crippen LogP contribution in [0, 0.1) is 11.7 Å². The van der Waals surface area contributed by atoms with Crippen LogP contribution in [0.4, 0.5) is 4.39 Å². The van der Waals surface area contributed by atoms with Gasteiger partial charge in [-0.1, -0.05) is 0 Å². The van der Waals surface area contributed by atoms with Gasteiger partial charge in [-0.3, -0.25) is 4.79 Å². The molecule has 2 heterocycles. The van der Waals surface area contributed by atoms with Gasteiger partial charge in [-0.05, 0) is 44.1 Å². The molecule has 4 heteroatoms. The van der Waals surface area contributed by atoms with Crippen LogP contribution in [0.3, 0.4) is 0 Å². The summed E-state index contributed by atoms with van der Waals surface area (Å²) in [5.41, 5.74) is 1.56. The molecule has 0 saturated carbocycles. The monoisotopic (exact) mass is 260 g/mol. The van der Waals surface area contributed by atoms with Crippen LogP contribution in [0.2, 0.25) is 0 Å². The van der Waals surface area contributed by atoms with Crippen LogP contribution in [-0.2, 0) is 7.05 Å². The van der Waals surface area contributed by atoms with Crippen LogP contribution in [0.1, 0.15) is 23.2 Å². The molecular weight excluding hydrogens is 243 g/mol. The number of fused-ring (bicyclic) bond motifs is 1. The number of hydrogen-bond acceptors (Lipinski definition) is 2. The molecule has 1 saturated heterocycles. The van der Waals surface area contributed by atoms with Crippen molar-refractivity contribution in [2.24, 2.45) is 13.0 Å². The van der Waals surface area contributed by atoms with Crippen LogP contribution in [0.15, 0.2) is 24.4 Å². The third-order valence-corrected chi connectivity index (χ3v) is 3.93. The fraction of sp³-hybridized carbons (Fsp3) is 0.400. The second kappa shape index (κ2) is 4.78. The summed E-state index contributed by atoms with van der Waals surface area (Å²) in [6.07, 6.45) is 3.56. The van der Waals surface area contributed by atoms with E-state index in [0.29, 0.717) is 5.56 Å². The Hall–Kier alpha value is -1.68. The molecule has 1 fully saturated rings. The summed E-state index contributed by atoms with van der Waals surface area (Å²) in [5.74, 6) is -0.0779. The van der Waals surface area contributed by atoms with Gasteiger partial charge >= 0.3 is 0 Å². The molecule has 0 unspecified atom stereocenters. The SMILES string of the molecule is Cn1cc(C(=O)C2CCNCC2)c2cc(F)ccc21. The predicted octanol–water partition coefficient (Wildman–Crippen LogP) is 2.50. The number of ketones is 1. The molecule has 1 aromatic carbocycles. The predicted molar refractivity (Wildman–Crippen MR) is 72.8 cm³/mol. The molecule has 0 bridgehead atoms. The van der Waals surface area contributed by atoms with Gasteiger partial charge in [0.05, 0.1) is 0 Å². The Morgan fingerprint density at radius 2 is 2.11 bits per heavy atom. The van der Waals surface area contributed by atoms with Crippen molar-refractivity contribution in [3.05, 3.63) is 35.8 Å². The number of aryl methyl sites for hydroxylation is 1. The number of benzene rings is 1. The summed E-state index contributed by atoms with van der Waals surface area (Å²) in [5, 5.41) is 3.98. The Balaban J connectivity index is 2.04. The highest BCUT2D eigenvalue weighted by Crippen LogP contribution is 2.26. The Kier molecular flexibility index (Phi) is 3.11. The maximum Gasteiger partial charge on any atom is 0.168 e. The number of nitrogens with one attached hydrogen (secondary N) is 1. The minimum Gasteiger partial charge on any atom is -0.350 e. The normalized spacial score (nSPS) is 16.9. The number of aromatic nitrogens is 1. The number of nitrogens with zero attached hydrogens (tertiary/aromatic N) is 1. The van der Waals surface area contributed by atoms with Crippen molar-refractivity contribution in [3.8, 4) is 0 Å². The van der Waals surface area contributed by atoms with E-state index in [9.17, 15) is 9.18 Å². The van der Waals surface area contributed by atoms with Gasteiger partial charge in [-0.25, -0.2) is 4.39 Å². The number of piperidine rings is 1. The lowest BCUT2D eigenvalue weighted by atomic mass is 9.89. The topological polar surface area (TPSA) is 34.0 Å². The summed E-state index contributed by atoms with van der Waals surface area (Å²) in [4.78, 5) is 12.6. The molecular formula is C15H17FN2O. The van der Waals surface area contributed by atoms with E-state index in [2.05, 4.69) is 5.32 Å². The fourth-order valence-corrected chi connectivity index (χ4v) is 2.86. The standard InChI is InChI=1S/C15H17FN2O/c1-18-9-13(12-8-11(16)2-3-14(12)18)15(19)10-4-6-17-7-5-10/h2-3,8-10,17H,4-7H2,1H3. The zero-order valence-electron chi connectivity index (χ0n) is 10.9. The van der Waals surface area contributed by atoms with Crippen LogP contribution in [-0.4, -0.2) is 23.4 Å². The first-order chi connectivity index (χ1) is 9.16. The average molecular weight is 260 g/mol. The largest absolute Gasteiger partial charge is 0.350 e. The molecule has 100 valence electrons. The quantitative estimate of drug-likeness (QED) is 0.842. The zero-order valence-corrected chi connectivity index (χ0v) is 10.9. The second-order valence-corrected chi connectivity index (χ2v) is 5.20. The van der Waals surface area contributed by atoms with Crippen molar-refractivity contribution in [2.75, 3.05) is 13.1 Å². The van der Waals surface area contributed by atoms with Gasteiger partial charge in [0.25, 0.3) is 0 Å². The van der Waals surface area contributed by atoms with Gasteiger partial charge in [0.15, 0.2) is 5.78 Å². The van der Waals surface area contributed by atoms with Gasteiger partial charge in [-0.15, -0.1) is 0 Å². The Labute approximate surface area is 111 Å². The number of halogens is 1. The third-order valence-electron chi connectivity index (χ3n) is 3.93. The Morgan fingerprint density at radius 1 is 1.37 bits per heavy atom. The smallest absolute Gasteiger partial charge is 0.168 e. The molecule has 1 N–H and O–H groups in total. The molecule has 3 nitrogen and oxygen atoms in total. The van der Waals surface area contributed by atoms with Gasteiger partial charge < -0.3 is 9.88 Å². The van der Waals surface area contributed by atoms with E-state index in [1.54, 1.807) is 6.07 Å². The average Bonchev–Trinajstić information content (AvgIpc) is 2.75. The lowest BCUT2D eigenvalue weighted by Crippen LogP contribution is -2.31. The second-order valence-electron chi connectivity index (χ2n) is 5.20. The van der Waals surface area contributed by atoms with E-state index in [0.717, 1.165) is 36.8 Å². The van der Waals surface area contributed by atoms with Crippen LogP contribution in [0.25, 0.3) is 10.9 Å². The van der Waals surface area contributed by atoms with E-state index in [1.807, 2.05) is 17.8 Å². The Bertz CT molecular complexity index is 626. The van der Waals surface area contributed by atoms with Crippen LogP contribution < -0.4 is 5.32 Å². The van der Waals surface area contributed by atoms with Gasteiger partial charge in [0.2, 0.25) is 0 Å². The van der Waals surface area contributed by atoms with Crippen molar-refractivity contribution < 1.29 is 9.18 Å². The highest BCUT2D eigenvalue weighted by Gasteiger charge is 2.24. The number of hydrogen-bond donors (Lipinski definition) is 1. The number of carbonyl (C=O) groups is 1. The van der Waals surface area contributed by atoms with Crippen LogP contribution >= 0.6 is 0 Å². The van der Waals surface area contributed by atoms with Gasteiger partial charge in [-0.2, -0.15) is 0 Å². The number of carbonyl (C=O) groups excluding carboxylic acids is 1. The fourth-order valence-electron chi connectivity index (χ4n) is 2.86. The molecule has 0 atom stereocenters. The third kappa shape index (κ3) is 2.16. The van der Waals surface area contributed by atoms with Crippen LogP contribution in [0.5, 0.6) is 0 Å². The maximum atomic E-state index is 13.4. The molecule has 2 aromatic rings. The molecule has 0 radical (unpaired) electrons. The number of rotatable bonds is 2. The molecule has 1 aliphatic heterocycles. The van der Waals surface area contributed by atoms with Crippen molar-refractivity contribution in [1.29, 1.82) is 0 Å². The van der Waals surface area contributed by atoms with Crippen molar-refractivity contribution >= 4 is 16.7 Å². The summed E-state index contributed by atoms with van der Waals surface area (Å²) in [6, 6.07) is 4.62. The first kappa shape index (κ1) is 12.4. The Morgan fingerprint density at radius 3 is 2.84 bits per heavy atom. The number of Topliss-reactive ketones (excluding diaryl/α,β-unsaturated/α-hetero) is 1. The summed E-state index contributed by atoms with van der Waals surface area (Å²) in [7, 11) is 1.89. The van der Waals surface area contributed by atoms with E-state index >= 15 is 0 Å². The highest BCUT2D eigenvalue weighted by atomic mass is 19.1. The molecule has 1 aromatic heterocycles. The summed E-state index contributed by atoms with van der Waals surface area (Å²) in [6.45, 7) is 1.77. The van der Waals surface area contributed by atoms with Gasteiger partial charge in [0, 0.05) is 35.6 Å². The summed E-state index contributed by atoms with van der Waals surface area (Å²) >= 11 is 0. The lowest BCUT2D eigenvalue weighted by Gasteiger charge is -2.21. The summed E-state index contributed by atoms with van der Waals surface area (Å²) < 4.78 is 15.3. The van der Waals surface area contributed by atoms with E-state index < -0.39 is 0 Å². The van der Waals surface area contributed by atoms with Crippen molar-refractivity contribution in [3.63, 3.8) is 0 Å². The van der Waals surface area contributed by atoms with Crippen molar-refractivity contribution in [2.45, 2.75) is 12.8 Å². The van der Waals surface area contributed by atoms with E-state index in [-0.39, 0.29) is 17.5 Å². The minimum absolute atomic E-state index is 0.0649. The molecule has 3 rings (SSSR count). The molecule has 19 heavy (non-hydrogen) atoms. The minimum atomic E-state index is -0.293. The maximum absolute atomic E-state index is 13.4. The highest BCUT2D eigenvalue weighted by molar-refractivity contribution is 6.09. The molecule has 0 spiro atoms. The van der Waals surface area contributed by atoms with E-state index in [4.69, 9.17) is 0 Å². The molecule has 1 aliphatic rings. The van der Waals surface area contributed by atoms with E-state index in [1.165, 1.54) is 12.1 Å². The van der Waals surface area contributed by atoms with Crippen molar-refractivity contribution in [1.82, 2.24) is 9.88 Å². The lowest BCUT2D eigenvalue weighted by molar-refractivity contribution is 0.0896.